The van der Waals surface area contributed by atoms with Gasteiger partial charge in [-0.25, -0.2) is 9.97 Å². The monoisotopic (exact) mass is 328 g/mol. The Bertz CT molecular complexity index is 756. The molecule has 126 valence electrons. The molecule has 0 aliphatic carbocycles. The quantitative estimate of drug-likeness (QED) is 0.901. The highest BCUT2D eigenvalue weighted by atomic mass is 16.6. The first kappa shape index (κ1) is 16.0. The molecule has 0 bridgehead atoms. The number of ether oxygens (including phenoxy) is 2. The van der Waals surface area contributed by atoms with Gasteiger partial charge in [0, 0.05) is 23.5 Å². The maximum absolute atomic E-state index is 12.4. The summed E-state index contributed by atoms with van der Waals surface area (Å²) in [5.74, 6) is 1.40. The van der Waals surface area contributed by atoms with Crippen molar-refractivity contribution in [2.75, 3.05) is 23.8 Å². The van der Waals surface area contributed by atoms with Crippen LogP contribution in [0.25, 0.3) is 0 Å². The fourth-order valence-corrected chi connectivity index (χ4v) is 2.20. The largest absolute Gasteiger partial charge is 0.486 e. The van der Waals surface area contributed by atoms with Crippen LogP contribution in [0.3, 0.4) is 0 Å². The first-order valence-corrected chi connectivity index (χ1v) is 7.73. The molecule has 24 heavy (non-hydrogen) atoms. The number of carbonyl (C=O) groups excluding carboxylic acids is 1. The molecule has 1 aliphatic heterocycles. The second-order valence-electron chi connectivity index (χ2n) is 6.45. The fourth-order valence-electron chi connectivity index (χ4n) is 2.20. The molecule has 0 spiro atoms. The van der Waals surface area contributed by atoms with Gasteiger partial charge in [-0.15, -0.1) is 0 Å². The molecule has 1 amide bonds. The molecule has 7 nitrogen and oxygen atoms in total. The van der Waals surface area contributed by atoms with E-state index in [1.165, 1.54) is 0 Å². The van der Waals surface area contributed by atoms with Crippen molar-refractivity contribution in [3.63, 3.8) is 0 Å². The molecule has 0 radical (unpaired) electrons. The maximum Gasteiger partial charge on any atom is 0.274 e. The number of anilines is 2. The first-order chi connectivity index (χ1) is 11.4. The zero-order valence-electron chi connectivity index (χ0n) is 13.9. The van der Waals surface area contributed by atoms with Crippen LogP contribution in [0.1, 0.15) is 31.3 Å². The highest BCUT2D eigenvalue weighted by Crippen LogP contribution is 2.32. The van der Waals surface area contributed by atoms with Crippen molar-refractivity contribution >= 4 is 17.5 Å². The first-order valence-electron chi connectivity index (χ1n) is 7.73. The minimum atomic E-state index is -0.314. The molecular formula is C17H20N4O3. The molecule has 0 saturated carbocycles. The van der Waals surface area contributed by atoms with E-state index in [0.717, 1.165) is 0 Å². The number of fused-ring (bicyclic) bond motifs is 1. The topological polar surface area (TPSA) is 85.4 Å². The van der Waals surface area contributed by atoms with Crippen molar-refractivity contribution in [2.45, 2.75) is 26.3 Å². The molecule has 2 heterocycles. The number of hydrogen-bond donors (Lipinski definition) is 2. The Morgan fingerprint density at radius 2 is 1.88 bits per heavy atom. The molecule has 1 aromatic carbocycles. The Balaban J connectivity index is 1.74. The van der Waals surface area contributed by atoms with Crippen LogP contribution in [-0.2, 0) is 0 Å². The van der Waals surface area contributed by atoms with E-state index in [2.05, 4.69) is 20.6 Å². The van der Waals surface area contributed by atoms with Crippen molar-refractivity contribution in [1.82, 2.24) is 9.97 Å². The van der Waals surface area contributed by atoms with Crippen LogP contribution in [0.5, 0.6) is 11.5 Å². The number of aromatic nitrogens is 2. The summed E-state index contributed by atoms with van der Waals surface area (Å²) in [4.78, 5) is 20.8. The molecule has 1 aliphatic rings. The number of nitrogens with one attached hydrogen (secondary N) is 2. The molecule has 0 unspecified atom stereocenters. The van der Waals surface area contributed by atoms with Crippen molar-refractivity contribution < 1.29 is 14.3 Å². The zero-order valence-corrected chi connectivity index (χ0v) is 13.9. The molecule has 0 atom stereocenters. The highest BCUT2D eigenvalue weighted by Gasteiger charge is 2.16. The fraction of sp³-hybridized carbons (Fsp3) is 0.353. The summed E-state index contributed by atoms with van der Waals surface area (Å²) in [7, 11) is 0. The van der Waals surface area contributed by atoms with Gasteiger partial charge in [0.2, 0.25) is 5.95 Å². The number of nitrogens with zero attached hydrogens (tertiary/aromatic N) is 2. The third-order valence-electron chi connectivity index (χ3n) is 3.18. The van der Waals surface area contributed by atoms with Gasteiger partial charge in [-0.1, -0.05) is 0 Å². The summed E-state index contributed by atoms with van der Waals surface area (Å²) < 4.78 is 11.0. The summed E-state index contributed by atoms with van der Waals surface area (Å²) in [5, 5.41) is 5.95. The predicted octanol–water partition coefficient (Wildman–Crippen LogP) is 2.71. The SMILES string of the molecule is CC(C)(C)Nc1nccc(C(=O)Nc2ccc3c(c2)OCCO3)n1. The van der Waals surface area contributed by atoms with Crippen LogP contribution in [0.15, 0.2) is 30.5 Å². The molecule has 1 aromatic heterocycles. The predicted molar refractivity (Wildman–Crippen MR) is 90.8 cm³/mol. The van der Waals surface area contributed by atoms with Gasteiger partial charge in [0.05, 0.1) is 0 Å². The highest BCUT2D eigenvalue weighted by molar-refractivity contribution is 6.03. The molecule has 0 fully saturated rings. The van der Waals surface area contributed by atoms with E-state index in [4.69, 9.17) is 9.47 Å². The van der Waals surface area contributed by atoms with Gasteiger partial charge in [-0.05, 0) is 39.0 Å². The van der Waals surface area contributed by atoms with E-state index in [1.54, 1.807) is 30.5 Å². The van der Waals surface area contributed by atoms with E-state index in [9.17, 15) is 4.79 Å². The van der Waals surface area contributed by atoms with Gasteiger partial charge in [0.1, 0.15) is 18.9 Å². The van der Waals surface area contributed by atoms with Crippen molar-refractivity contribution in [3.05, 3.63) is 36.2 Å². The third-order valence-corrected chi connectivity index (χ3v) is 3.18. The Hall–Kier alpha value is -2.83. The lowest BCUT2D eigenvalue weighted by Crippen LogP contribution is -2.28. The molecule has 0 saturated heterocycles. The molecular weight excluding hydrogens is 308 g/mol. The number of rotatable bonds is 3. The number of carbonyl (C=O) groups is 1. The van der Waals surface area contributed by atoms with Crippen LogP contribution >= 0.6 is 0 Å². The third kappa shape index (κ3) is 3.92. The Labute approximate surface area is 140 Å². The lowest BCUT2D eigenvalue weighted by atomic mass is 10.1. The van der Waals surface area contributed by atoms with Gasteiger partial charge >= 0.3 is 0 Å². The molecule has 7 heteroatoms. The summed E-state index contributed by atoms with van der Waals surface area (Å²) in [5.41, 5.74) is 0.713. The van der Waals surface area contributed by atoms with Crippen LogP contribution in [-0.4, -0.2) is 34.6 Å². The van der Waals surface area contributed by atoms with Gasteiger partial charge in [-0.2, -0.15) is 0 Å². The van der Waals surface area contributed by atoms with E-state index in [1.807, 2.05) is 20.8 Å². The lowest BCUT2D eigenvalue weighted by molar-refractivity contribution is 0.102. The maximum atomic E-state index is 12.4. The summed E-state index contributed by atoms with van der Waals surface area (Å²) in [6.45, 7) is 7.02. The number of benzene rings is 1. The van der Waals surface area contributed by atoms with Crippen molar-refractivity contribution in [1.29, 1.82) is 0 Å². The van der Waals surface area contributed by atoms with Crippen LogP contribution in [0.4, 0.5) is 11.6 Å². The minimum Gasteiger partial charge on any atom is -0.486 e. The second-order valence-corrected chi connectivity index (χ2v) is 6.45. The normalized spacial score (nSPS) is 13.3. The number of amides is 1. The molecule has 2 aromatic rings. The molecule has 3 rings (SSSR count). The van der Waals surface area contributed by atoms with Gasteiger partial charge in [-0.3, -0.25) is 4.79 Å². The Kier molecular flexibility index (Phi) is 4.24. The van der Waals surface area contributed by atoms with Crippen molar-refractivity contribution in [3.8, 4) is 11.5 Å². The van der Waals surface area contributed by atoms with Crippen LogP contribution in [0.2, 0.25) is 0 Å². The summed E-state index contributed by atoms with van der Waals surface area (Å²) >= 11 is 0. The van der Waals surface area contributed by atoms with Crippen LogP contribution in [0, 0.1) is 0 Å². The summed E-state index contributed by atoms with van der Waals surface area (Å²) in [6.07, 6.45) is 1.56. The second kappa shape index (κ2) is 6.35. The smallest absolute Gasteiger partial charge is 0.274 e. The van der Waals surface area contributed by atoms with Gasteiger partial charge in [0.15, 0.2) is 11.5 Å². The minimum absolute atomic E-state index is 0.190. The van der Waals surface area contributed by atoms with Gasteiger partial charge in [0.25, 0.3) is 5.91 Å². The Morgan fingerprint density at radius 3 is 2.62 bits per heavy atom. The summed E-state index contributed by atoms with van der Waals surface area (Å²) in [6, 6.07) is 6.85. The molecule has 2 N–H and O–H groups in total. The average molecular weight is 328 g/mol. The average Bonchev–Trinajstić information content (AvgIpc) is 2.53. The Morgan fingerprint density at radius 1 is 1.12 bits per heavy atom. The van der Waals surface area contributed by atoms with E-state index in [0.29, 0.717) is 36.3 Å². The van der Waals surface area contributed by atoms with Gasteiger partial charge < -0.3 is 20.1 Å². The van der Waals surface area contributed by atoms with E-state index in [-0.39, 0.29) is 17.1 Å². The van der Waals surface area contributed by atoms with E-state index >= 15 is 0 Å². The van der Waals surface area contributed by atoms with Crippen molar-refractivity contribution in [2.24, 2.45) is 0 Å². The standard InChI is InChI=1S/C17H20N4O3/c1-17(2,3)21-16-18-7-6-12(20-16)15(22)19-11-4-5-13-14(10-11)24-9-8-23-13/h4-7,10H,8-9H2,1-3H3,(H,19,22)(H,18,20,21). The van der Waals surface area contributed by atoms with E-state index < -0.39 is 0 Å². The van der Waals surface area contributed by atoms with Crippen LogP contribution < -0.4 is 20.1 Å². The number of hydrogen-bond acceptors (Lipinski definition) is 6. The lowest BCUT2D eigenvalue weighted by Gasteiger charge is -2.20. The zero-order chi connectivity index (χ0) is 17.2.